The zero-order valence-corrected chi connectivity index (χ0v) is 10.8. The van der Waals surface area contributed by atoms with Gasteiger partial charge >= 0.3 is 0 Å². The molecular formula is C12H12N2OS2. The number of ether oxygens (including phenoxy) is 1. The Hall–Kier alpha value is -1.33. The van der Waals surface area contributed by atoms with Crippen LogP contribution in [-0.4, -0.2) is 15.1 Å². The van der Waals surface area contributed by atoms with Crippen LogP contribution in [0.2, 0.25) is 0 Å². The highest BCUT2D eigenvalue weighted by atomic mass is 32.2. The number of rotatable bonds is 6. The van der Waals surface area contributed by atoms with E-state index >= 15 is 0 Å². The predicted molar refractivity (Wildman–Crippen MR) is 71.6 cm³/mol. The average Bonchev–Trinajstić information content (AvgIpc) is 2.83. The highest BCUT2D eigenvalue weighted by Crippen LogP contribution is 2.22. The summed E-state index contributed by atoms with van der Waals surface area (Å²) in [5.41, 5.74) is 1.13. The highest BCUT2D eigenvalue weighted by Gasteiger charge is 2.04. The fourth-order valence-corrected chi connectivity index (χ4v) is 2.40. The van der Waals surface area contributed by atoms with E-state index in [0.29, 0.717) is 11.8 Å². The van der Waals surface area contributed by atoms with Gasteiger partial charge in [-0.2, -0.15) is 9.36 Å². The molecule has 2 aromatic rings. The van der Waals surface area contributed by atoms with Gasteiger partial charge in [-0.15, -0.1) is 6.58 Å². The Bertz CT molecular complexity index is 470. The molecule has 0 N–H and O–H groups in total. The van der Waals surface area contributed by atoms with Crippen molar-refractivity contribution < 1.29 is 4.74 Å². The first kappa shape index (κ1) is 12.1. The molecule has 0 radical (unpaired) electrons. The van der Waals surface area contributed by atoms with Gasteiger partial charge in [-0.05, 0) is 5.56 Å². The summed E-state index contributed by atoms with van der Waals surface area (Å²) in [6.45, 7) is 4.18. The van der Waals surface area contributed by atoms with Crippen LogP contribution in [0.1, 0.15) is 5.56 Å². The molecule has 1 aromatic heterocycles. The van der Waals surface area contributed by atoms with Crippen LogP contribution in [0.25, 0.3) is 0 Å². The maximum atomic E-state index is 5.56. The number of hydrogen-bond donors (Lipinski definition) is 0. The Balaban J connectivity index is 1.87. The number of aromatic nitrogens is 2. The summed E-state index contributed by atoms with van der Waals surface area (Å²) in [4.78, 5) is 4.26. The van der Waals surface area contributed by atoms with Crippen LogP contribution < -0.4 is 4.74 Å². The molecule has 0 fully saturated rings. The zero-order chi connectivity index (χ0) is 11.9. The van der Waals surface area contributed by atoms with Gasteiger partial charge in [0.05, 0.1) is 0 Å². The van der Waals surface area contributed by atoms with Crippen molar-refractivity contribution >= 4 is 23.3 Å². The minimum Gasteiger partial charge on any atom is -0.464 e. The molecule has 0 aliphatic carbocycles. The Morgan fingerprint density at radius 3 is 2.94 bits per heavy atom. The molecule has 17 heavy (non-hydrogen) atoms. The van der Waals surface area contributed by atoms with Crippen LogP contribution in [0.4, 0.5) is 0 Å². The standard InChI is InChI=1S/C12H12N2OS2/c1-2-8-16-11-13-12(17-14-11)15-9-10-6-4-3-5-7-10/h2-7H,1,8-9H2. The molecule has 0 bridgehead atoms. The van der Waals surface area contributed by atoms with E-state index in [1.165, 1.54) is 11.5 Å². The maximum Gasteiger partial charge on any atom is 0.294 e. The third-order valence-corrected chi connectivity index (χ3v) is 3.51. The van der Waals surface area contributed by atoms with Gasteiger partial charge in [-0.3, -0.25) is 0 Å². The smallest absolute Gasteiger partial charge is 0.294 e. The van der Waals surface area contributed by atoms with E-state index in [9.17, 15) is 0 Å². The van der Waals surface area contributed by atoms with Crippen molar-refractivity contribution in [3.63, 3.8) is 0 Å². The van der Waals surface area contributed by atoms with Crippen LogP contribution in [0.15, 0.2) is 48.1 Å². The first-order valence-electron chi connectivity index (χ1n) is 5.12. The summed E-state index contributed by atoms with van der Waals surface area (Å²) < 4.78 is 9.75. The number of hydrogen-bond acceptors (Lipinski definition) is 5. The van der Waals surface area contributed by atoms with Crippen molar-refractivity contribution in [1.29, 1.82) is 0 Å². The van der Waals surface area contributed by atoms with Crippen LogP contribution in [0, 0.1) is 0 Å². The van der Waals surface area contributed by atoms with Gasteiger partial charge in [0, 0.05) is 17.3 Å². The lowest BCUT2D eigenvalue weighted by molar-refractivity contribution is 0.303. The molecule has 0 atom stereocenters. The van der Waals surface area contributed by atoms with Crippen LogP contribution in [0.3, 0.4) is 0 Å². The molecule has 0 saturated carbocycles. The van der Waals surface area contributed by atoms with Crippen molar-refractivity contribution in [2.45, 2.75) is 11.8 Å². The second-order valence-electron chi connectivity index (χ2n) is 3.22. The van der Waals surface area contributed by atoms with Crippen LogP contribution in [0.5, 0.6) is 5.19 Å². The lowest BCUT2D eigenvalue weighted by Gasteiger charge is -2.00. The maximum absolute atomic E-state index is 5.56. The Labute approximate surface area is 109 Å². The molecule has 0 spiro atoms. The fourth-order valence-electron chi connectivity index (χ4n) is 1.17. The van der Waals surface area contributed by atoms with E-state index in [-0.39, 0.29) is 0 Å². The van der Waals surface area contributed by atoms with Crippen molar-refractivity contribution in [3.05, 3.63) is 48.6 Å². The number of nitrogens with zero attached hydrogens (tertiary/aromatic N) is 2. The summed E-state index contributed by atoms with van der Waals surface area (Å²) in [6.07, 6.45) is 1.83. The third kappa shape index (κ3) is 3.87. The van der Waals surface area contributed by atoms with E-state index in [2.05, 4.69) is 15.9 Å². The van der Waals surface area contributed by atoms with Gasteiger partial charge in [0.15, 0.2) is 0 Å². The highest BCUT2D eigenvalue weighted by molar-refractivity contribution is 7.99. The summed E-state index contributed by atoms with van der Waals surface area (Å²) in [6, 6.07) is 10.0. The molecule has 1 aromatic carbocycles. The van der Waals surface area contributed by atoms with Crippen molar-refractivity contribution in [2.24, 2.45) is 0 Å². The largest absolute Gasteiger partial charge is 0.464 e. The molecule has 0 saturated heterocycles. The quantitative estimate of drug-likeness (QED) is 0.591. The lowest BCUT2D eigenvalue weighted by atomic mass is 10.2. The normalized spacial score (nSPS) is 10.1. The predicted octanol–water partition coefficient (Wildman–Crippen LogP) is 3.40. The van der Waals surface area contributed by atoms with E-state index in [1.807, 2.05) is 36.4 Å². The molecule has 1 heterocycles. The fraction of sp³-hybridized carbons (Fsp3) is 0.167. The molecule has 2 rings (SSSR count). The molecule has 0 unspecified atom stereocenters. The zero-order valence-electron chi connectivity index (χ0n) is 9.20. The molecule has 3 nitrogen and oxygen atoms in total. The number of benzene rings is 1. The van der Waals surface area contributed by atoms with Crippen LogP contribution in [-0.2, 0) is 6.61 Å². The summed E-state index contributed by atoms with van der Waals surface area (Å²) in [7, 11) is 0. The second kappa shape index (κ2) is 6.42. The second-order valence-corrected chi connectivity index (χ2v) is 4.92. The van der Waals surface area contributed by atoms with E-state index in [1.54, 1.807) is 11.8 Å². The Morgan fingerprint density at radius 2 is 2.18 bits per heavy atom. The van der Waals surface area contributed by atoms with Gasteiger partial charge in [0.25, 0.3) is 5.19 Å². The van der Waals surface area contributed by atoms with Gasteiger partial charge in [-0.1, -0.05) is 48.2 Å². The first-order chi connectivity index (χ1) is 8.38. The van der Waals surface area contributed by atoms with Gasteiger partial charge in [0.2, 0.25) is 5.16 Å². The summed E-state index contributed by atoms with van der Waals surface area (Å²) in [5, 5.41) is 1.36. The lowest BCUT2D eigenvalue weighted by Crippen LogP contribution is -1.94. The molecule has 0 aliphatic heterocycles. The van der Waals surface area contributed by atoms with Gasteiger partial charge in [-0.25, -0.2) is 0 Å². The Kier molecular flexibility index (Phi) is 4.58. The molecule has 5 heteroatoms. The topological polar surface area (TPSA) is 35.0 Å². The third-order valence-electron chi connectivity index (χ3n) is 1.92. The molecular weight excluding hydrogens is 252 g/mol. The van der Waals surface area contributed by atoms with Crippen molar-refractivity contribution in [1.82, 2.24) is 9.36 Å². The SMILES string of the molecule is C=CCSc1nsc(OCc2ccccc2)n1. The van der Waals surface area contributed by atoms with Crippen molar-refractivity contribution in [2.75, 3.05) is 5.75 Å². The summed E-state index contributed by atoms with van der Waals surface area (Å²) in [5.74, 6) is 0.814. The minimum absolute atomic E-state index is 0.529. The van der Waals surface area contributed by atoms with E-state index in [4.69, 9.17) is 4.74 Å². The number of thioether (sulfide) groups is 1. The first-order valence-corrected chi connectivity index (χ1v) is 6.88. The van der Waals surface area contributed by atoms with E-state index in [0.717, 1.165) is 16.5 Å². The molecule has 88 valence electrons. The Morgan fingerprint density at radius 1 is 1.35 bits per heavy atom. The monoisotopic (exact) mass is 264 g/mol. The van der Waals surface area contributed by atoms with E-state index < -0.39 is 0 Å². The average molecular weight is 264 g/mol. The van der Waals surface area contributed by atoms with Crippen molar-refractivity contribution in [3.8, 4) is 5.19 Å². The molecule has 0 aliphatic rings. The van der Waals surface area contributed by atoms with Gasteiger partial charge < -0.3 is 4.74 Å². The van der Waals surface area contributed by atoms with Crippen LogP contribution >= 0.6 is 23.3 Å². The molecule has 0 amide bonds. The van der Waals surface area contributed by atoms with Gasteiger partial charge in [0.1, 0.15) is 6.61 Å². The summed E-state index contributed by atoms with van der Waals surface area (Å²) >= 11 is 2.83. The minimum atomic E-state index is 0.529.